The van der Waals surface area contributed by atoms with Crippen LogP contribution < -0.4 is 10.1 Å². The molecule has 20 heavy (non-hydrogen) atoms. The second-order valence-corrected chi connectivity index (χ2v) is 4.83. The van der Waals surface area contributed by atoms with Crippen molar-refractivity contribution in [2.45, 2.75) is 26.8 Å². The zero-order valence-corrected chi connectivity index (χ0v) is 12.0. The van der Waals surface area contributed by atoms with Crippen molar-refractivity contribution >= 4 is 5.69 Å². The number of nitrogens with one attached hydrogen (secondary N) is 1. The minimum Gasteiger partial charge on any atom is -0.486 e. The van der Waals surface area contributed by atoms with Crippen molar-refractivity contribution in [1.29, 1.82) is 0 Å². The standard InChI is InChI=1S/C14H22N2O4/c1-3-6-15-8-12-4-5-13(16(18)19)14(7-12)20-10-11(2)9-17/h4-5,7,11,15,17H,3,6,8-10H2,1-2H3. The van der Waals surface area contributed by atoms with Crippen LogP contribution in [-0.4, -0.2) is 29.8 Å². The second-order valence-electron chi connectivity index (χ2n) is 4.83. The lowest BCUT2D eigenvalue weighted by Crippen LogP contribution is -2.15. The van der Waals surface area contributed by atoms with Crippen LogP contribution in [0.5, 0.6) is 5.75 Å². The number of hydrogen-bond donors (Lipinski definition) is 2. The van der Waals surface area contributed by atoms with Crippen LogP contribution in [0.1, 0.15) is 25.8 Å². The Morgan fingerprint density at radius 3 is 2.85 bits per heavy atom. The van der Waals surface area contributed by atoms with Gasteiger partial charge in [0.1, 0.15) is 0 Å². The summed E-state index contributed by atoms with van der Waals surface area (Å²) >= 11 is 0. The quantitative estimate of drug-likeness (QED) is 0.411. The number of aliphatic hydroxyl groups excluding tert-OH is 1. The van der Waals surface area contributed by atoms with Gasteiger partial charge in [0, 0.05) is 25.1 Å². The molecule has 0 saturated carbocycles. The van der Waals surface area contributed by atoms with E-state index in [1.54, 1.807) is 12.1 Å². The smallest absolute Gasteiger partial charge is 0.310 e. The molecule has 0 radical (unpaired) electrons. The first kappa shape index (κ1) is 16.4. The van der Waals surface area contributed by atoms with Crippen molar-refractivity contribution in [2.24, 2.45) is 5.92 Å². The van der Waals surface area contributed by atoms with Crippen molar-refractivity contribution in [3.63, 3.8) is 0 Å². The van der Waals surface area contributed by atoms with Gasteiger partial charge in [-0.3, -0.25) is 10.1 Å². The summed E-state index contributed by atoms with van der Waals surface area (Å²) in [6.07, 6.45) is 1.03. The zero-order chi connectivity index (χ0) is 15.0. The molecular weight excluding hydrogens is 260 g/mol. The van der Waals surface area contributed by atoms with E-state index in [2.05, 4.69) is 12.2 Å². The fourth-order valence-corrected chi connectivity index (χ4v) is 1.63. The molecule has 1 aromatic carbocycles. The maximum Gasteiger partial charge on any atom is 0.310 e. The van der Waals surface area contributed by atoms with Crippen molar-refractivity contribution in [1.82, 2.24) is 5.32 Å². The molecule has 0 fully saturated rings. The van der Waals surface area contributed by atoms with Crippen LogP contribution in [0.2, 0.25) is 0 Å². The van der Waals surface area contributed by atoms with Gasteiger partial charge in [-0.2, -0.15) is 0 Å². The number of hydrogen-bond acceptors (Lipinski definition) is 5. The van der Waals surface area contributed by atoms with E-state index in [1.165, 1.54) is 6.07 Å². The van der Waals surface area contributed by atoms with E-state index >= 15 is 0 Å². The van der Waals surface area contributed by atoms with E-state index < -0.39 is 4.92 Å². The summed E-state index contributed by atoms with van der Waals surface area (Å²) in [6.45, 7) is 5.69. The first-order chi connectivity index (χ1) is 9.58. The zero-order valence-electron chi connectivity index (χ0n) is 12.0. The van der Waals surface area contributed by atoms with Crippen LogP contribution in [0.3, 0.4) is 0 Å². The van der Waals surface area contributed by atoms with E-state index in [0.29, 0.717) is 6.54 Å². The molecule has 6 heteroatoms. The van der Waals surface area contributed by atoms with Gasteiger partial charge >= 0.3 is 5.69 Å². The summed E-state index contributed by atoms with van der Waals surface area (Å²) in [5, 5.41) is 23.2. The van der Waals surface area contributed by atoms with E-state index in [-0.39, 0.29) is 30.6 Å². The van der Waals surface area contributed by atoms with Gasteiger partial charge in [-0.25, -0.2) is 0 Å². The molecule has 0 bridgehead atoms. The number of nitro groups is 1. The van der Waals surface area contributed by atoms with Crippen LogP contribution in [0.25, 0.3) is 0 Å². The molecular formula is C14H22N2O4. The Bertz CT molecular complexity index is 437. The summed E-state index contributed by atoms with van der Waals surface area (Å²) in [4.78, 5) is 10.5. The molecule has 0 spiro atoms. The fraction of sp³-hybridized carbons (Fsp3) is 0.571. The topological polar surface area (TPSA) is 84.6 Å². The third-order valence-electron chi connectivity index (χ3n) is 2.81. The molecule has 0 amide bonds. The Balaban J connectivity index is 2.79. The molecule has 0 aliphatic heterocycles. The number of ether oxygens (including phenoxy) is 1. The van der Waals surface area contributed by atoms with E-state index in [1.807, 2.05) is 6.92 Å². The highest BCUT2D eigenvalue weighted by atomic mass is 16.6. The van der Waals surface area contributed by atoms with Crippen molar-refractivity contribution in [3.8, 4) is 5.75 Å². The summed E-state index contributed by atoms with van der Waals surface area (Å²) in [6, 6.07) is 4.87. The first-order valence-electron chi connectivity index (χ1n) is 6.80. The molecule has 0 aliphatic carbocycles. The van der Waals surface area contributed by atoms with Crippen LogP contribution >= 0.6 is 0 Å². The highest BCUT2D eigenvalue weighted by Gasteiger charge is 2.16. The molecule has 0 heterocycles. The van der Waals surface area contributed by atoms with Gasteiger partial charge in [0.25, 0.3) is 0 Å². The minimum absolute atomic E-state index is 0.00839. The van der Waals surface area contributed by atoms with Crippen LogP contribution in [0.4, 0.5) is 5.69 Å². The lowest BCUT2D eigenvalue weighted by atomic mass is 10.1. The molecule has 0 aromatic heterocycles. The molecule has 6 nitrogen and oxygen atoms in total. The highest BCUT2D eigenvalue weighted by Crippen LogP contribution is 2.28. The predicted molar refractivity (Wildman–Crippen MR) is 76.8 cm³/mol. The Kier molecular flexibility index (Phi) is 6.97. The molecule has 0 saturated heterocycles. The Morgan fingerprint density at radius 2 is 2.25 bits per heavy atom. The molecule has 1 atom stereocenters. The monoisotopic (exact) mass is 282 g/mol. The maximum atomic E-state index is 11.0. The lowest BCUT2D eigenvalue weighted by Gasteiger charge is -2.12. The number of rotatable bonds is 9. The van der Waals surface area contributed by atoms with Crippen LogP contribution in [0, 0.1) is 16.0 Å². The number of nitro benzene ring substituents is 1. The Morgan fingerprint density at radius 1 is 1.50 bits per heavy atom. The van der Waals surface area contributed by atoms with Gasteiger partial charge in [-0.15, -0.1) is 0 Å². The summed E-state index contributed by atoms with van der Waals surface area (Å²) < 4.78 is 5.47. The van der Waals surface area contributed by atoms with Gasteiger partial charge in [-0.1, -0.05) is 19.9 Å². The largest absolute Gasteiger partial charge is 0.486 e. The van der Waals surface area contributed by atoms with Crippen molar-refractivity contribution in [2.75, 3.05) is 19.8 Å². The SMILES string of the molecule is CCCNCc1ccc([N+](=O)[O-])c(OCC(C)CO)c1. The van der Waals surface area contributed by atoms with Gasteiger partial charge in [0.15, 0.2) is 5.75 Å². The summed E-state index contributed by atoms with van der Waals surface area (Å²) in [5.41, 5.74) is 0.894. The molecule has 112 valence electrons. The Labute approximate surface area is 118 Å². The third kappa shape index (κ3) is 5.14. The second kappa shape index (κ2) is 8.50. The minimum atomic E-state index is -0.456. The molecule has 2 N–H and O–H groups in total. The van der Waals surface area contributed by atoms with Gasteiger partial charge in [-0.05, 0) is 24.6 Å². The summed E-state index contributed by atoms with van der Waals surface area (Å²) in [7, 11) is 0. The average Bonchev–Trinajstić information content (AvgIpc) is 2.44. The lowest BCUT2D eigenvalue weighted by molar-refractivity contribution is -0.385. The van der Waals surface area contributed by atoms with Crippen molar-refractivity contribution < 1.29 is 14.8 Å². The predicted octanol–water partition coefficient (Wildman–Crippen LogP) is 2.10. The van der Waals surface area contributed by atoms with E-state index in [0.717, 1.165) is 18.5 Å². The van der Waals surface area contributed by atoms with Gasteiger partial charge in [0.2, 0.25) is 0 Å². The molecule has 1 aromatic rings. The summed E-state index contributed by atoms with van der Waals surface area (Å²) in [5.74, 6) is 0.197. The normalized spacial score (nSPS) is 12.2. The molecule has 0 aliphatic rings. The number of aliphatic hydroxyl groups is 1. The Hall–Kier alpha value is -1.66. The molecule has 1 unspecified atom stereocenters. The van der Waals surface area contributed by atoms with Gasteiger partial charge in [0.05, 0.1) is 11.5 Å². The number of nitrogens with zero attached hydrogens (tertiary/aromatic N) is 1. The van der Waals surface area contributed by atoms with Crippen molar-refractivity contribution in [3.05, 3.63) is 33.9 Å². The maximum absolute atomic E-state index is 11.0. The van der Waals surface area contributed by atoms with Gasteiger partial charge < -0.3 is 15.2 Å². The highest BCUT2D eigenvalue weighted by molar-refractivity contribution is 5.48. The fourth-order valence-electron chi connectivity index (χ4n) is 1.63. The van der Waals surface area contributed by atoms with Crippen LogP contribution in [-0.2, 0) is 6.54 Å². The van der Waals surface area contributed by atoms with Crippen LogP contribution in [0.15, 0.2) is 18.2 Å². The van der Waals surface area contributed by atoms with E-state index in [9.17, 15) is 10.1 Å². The number of benzene rings is 1. The third-order valence-corrected chi connectivity index (χ3v) is 2.81. The average molecular weight is 282 g/mol. The first-order valence-corrected chi connectivity index (χ1v) is 6.80. The molecule has 1 rings (SSSR count). The van der Waals surface area contributed by atoms with E-state index in [4.69, 9.17) is 9.84 Å².